The van der Waals surface area contributed by atoms with E-state index in [-0.39, 0.29) is 11.5 Å². The Morgan fingerprint density at radius 1 is 1.23 bits per heavy atom. The molecule has 0 N–H and O–H groups in total. The Balaban J connectivity index is 2.09. The molecule has 3 rings (SSSR count). The summed E-state index contributed by atoms with van der Waals surface area (Å²) in [6.45, 7) is 6.81. The number of thioether (sulfide) groups is 1. The van der Waals surface area contributed by atoms with Gasteiger partial charge in [-0.3, -0.25) is 18.9 Å². The van der Waals surface area contributed by atoms with E-state index in [1.54, 1.807) is 30.3 Å². The number of aromatic nitrogens is 2. The summed E-state index contributed by atoms with van der Waals surface area (Å²) in [4.78, 5) is 35.3. The van der Waals surface area contributed by atoms with Crippen molar-refractivity contribution in [1.29, 1.82) is 0 Å². The van der Waals surface area contributed by atoms with Crippen molar-refractivity contribution < 1.29 is 9.53 Å². The van der Waals surface area contributed by atoms with E-state index in [0.717, 1.165) is 25.9 Å². The van der Waals surface area contributed by atoms with Gasteiger partial charge in [0.25, 0.3) is 11.5 Å². The number of amides is 1. The molecule has 2 aromatic rings. The molecule has 1 aliphatic rings. The number of nitrogens with zero attached hydrogens (tertiary/aromatic N) is 4. The predicted molar refractivity (Wildman–Crippen MR) is 131 cm³/mol. The minimum absolute atomic E-state index is 0.174. The highest BCUT2D eigenvalue weighted by Gasteiger charge is 2.32. The van der Waals surface area contributed by atoms with Crippen LogP contribution in [0.5, 0.6) is 0 Å². The molecule has 9 heteroatoms. The third-order valence-electron chi connectivity index (χ3n) is 4.91. The van der Waals surface area contributed by atoms with Gasteiger partial charge in [-0.1, -0.05) is 43.9 Å². The maximum absolute atomic E-state index is 13.4. The molecule has 3 heterocycles. The summed E-state index contributed by atoms with van der Waals surface area (Å²) >= 11 is 6.64. The second kappa shape index (κ2) is 10.9. The first kappa shape index (κ1) is 23.4. The summed E-state index contributed by atoms with van der Waals surface area (Å²) < 4.78 is 7.10. The van der Waals surface area contributed by atoms with E-state index in [1.165, 1.54) is 16.2 Å². The number of thiocarbonyl (C=S) groups is 1. The SMILES string of the molecule is CCCN(CCC)c1nc2ccccn2c(=O)c1/C=C1\SC(=S)N(CCCOC)C1=O. The molecule has 31 heavy (non-hydrogen) atoms. The van der Waals surface area contributed by atoms with Crippen LogP contribution in [-0.4, -0.2) is 57.9 Å². The van der Waals surface area contributed by atoms with Crippen LogP contribution in [-0.2, 0) is 9.53 Å². The molecule has 0 bridgehead atoms. The van der Waals surface area contributed by atoms with E-state index in [2.05, 4.69) is 18.7 Å². The van der Waals surface area contributed by atoms with E-state index in [9.17, 15) is 9.59 Å². The van der Waals surface area contributed by atoms with Gasteiger partial charge in [0, 0.05) is 39.5 Å². The van der Waals surface area contributed by atoms with Crippen LogP contribution < -0.4 is 10.5 Å². The van der Waals surface area contributed by atoms with E-state index < -0.39 is 0 Å². The lowest BCUT2D eigenvalue weighted by Gasteiger charge is -2.24. The van der Waals surface area contributed by atoms with E-state index >= 15 is 0 Å². The molecule has 0 atom stereocenters. The van der Waals surface area contributed by atoms with Crippen LogP contribution in [0.4, 0.5) is 5.82 Å². The normalized spacial score (nSPS) is 15.5. The molecule has 0 aliphatic carbocycles. The molecule has 0 unspecified atom stereocenters. The minimum Gasteiger partial charge on any atom is -0.385 e. The molecule has 0 aromatic carbocycles. The maximum Gasteiger partial charge on any atom is 0.267 e. The first-order valence-electron chi connectivity index (χ1n) is 10.5. The first-order valence-corrected chi connectivity index (χ1v) is 11.7. The van der Waals surface area contributed by atoms with Crippen molar-refractivity contribution in [3.05, 3.63) is 45.2 Å². The molecule has 1 fully saturated rings. The zero-order valence-electron chi connectivity index (χ0n) is 18.2. The minimum atomic E-state index is -0.192. The Bertz CT molecular complexity index is 1040. The summed E-state index contributed by atoms with van der Waals surface area (Å²) in [6.07, 6.45) is 5.92. The Morgan fingerprint density at radius 3 is 2.65 bits per heavy atom. The molecule has 1 saturated heterocycles. The third-order valence-corrected chi connectivity index (χ3v) is 6.29. The van der Waals surface area contributed by atoms with Gasteiger partial charge in [0.05, 0.1) is 10.5 Å². The topological polar surface area (TPSA) is 67.2 Å². The lowest BCUT2D eigenvalue weighted by Crippen LogP contribution is -2.31. The highest BCUT2D eigenvalue weighted by Crippen LogP contribution is 2.33. The summed E-state index contributed by atoms with van der Waals surface area (Å²) in [5.41, 5.74) is 0.814. The number of anilines is 1. The molecule has 1 aliphatic heterocycles. The lowest BCUT2D eigenvalue weighted by molar-refractivity contribution is -0.122. The number of methoxy groups -OCH3 is 1. The van der Waals surface area contributed by atoms with Crippen LogP contribution in [0.25, 0.3) is 11.7 Å². The fraction of sp³-hybridized carbons (Fsp3) is 0.455. The van der Waals surface area contributed by atoms with Crippen molar-refractivity contribution >= 4 is 51.7 Å². The molecule has 2 aromatic heterocycles. The Labute approximate surface area is 192 Å². The quantitative estimate of drug-likeness (QED) is 0.305. The number of carbonyl (C=O) groups excluding carboxylic acids is 1. The van der Waals surface area contributed by atoms with E-state index in [0.29, 0.717) is 45.8 Å². The lowest BCUT2D eigenvalue weighted by atomic mass is 10.2. The largest absolute Gasteiger partial charge is 0.385 e. The highest BCUT2D eigenvalue weighted by molar-refractivity contribution is 8.26. The predicted octanol–water partition coefficient (Wildman–Crippen LogP) is 3.56. The van der Waals surface area contributed by atoms with Crippen LogP contribution in [0.15, 0.2) is 34.1 Å². The van der Waals surface area contributed by atoms with Crippen molar-refractivity contribution in [3.63, 3.8) is 0 Å². The van der Waals surface area contributed by atoms with Crippen LogP contribution in [0.2, 0.25) is 0 Å². The monoisotopic (exact) mass is 460 g/mol. The number of carbonyl (C=O) groups is 1. The van der Waals surface area contributed by atoms with Gasteiger partial charge in [-0.15, -0.1) is 0 Å². The highest BCUT2D eigenvalue weighted by atomic mass is 32.2. The van der Waals surface area contributed by atoms with Crippen molar-refractivity contribution in [2.75, 3.05) is 38.3 Å². The van der Waals surface area contributed by atoms with Crippen LogP contribution in [0.3, 0.4) is 0 Å². The molecule has 0 spiro atoms. The van der Waals surface area contributed by atoms with Crippen LogP contribution >= 0.6 is 24.0 Å². The zero-order chi connectivity index (χ0) is 22.4. The second-order valence-electron chi connectivity index (χ2n) is 7.25. The fourth-order valence-electron chi connectivity index (χ4n) is 3.51. The maximum atomic E-state index is 13.4. The van der Waals surface area contributed by atoms with Gasteiger partial charge in [0.15, 0.2) is 0 Å². The van der Waals surface area contributed by atoms with Gasteiger partial charge in [-0.25, -0.2) is 4.98 Å². The standard InChI is InChI=1S/C22H28N4O3S2/c1-4-10-24(11-5-2)19-16(20(27)25-12-7-6-9-18(25)23-19)15-17-21(28)26(22(30)31-17)13-8-14-29-3/h6-7,9,12,15H,4-5,8,10-11,13-14H2,1-3H3/b17-15-. The summed E-state index contributed by atoms with van der Waals surface area (Å²) in [6, 6.07) is 5.48. The van der Waals surface area contributed by atoms with Gasteiger partial charge >= 0.3 is 0 Å². The van der Waals surface area contributed by atoms with E-state index in [4.69, 9.17) is 21.9 Å². The Hall–Kier alpha value is -2.23. The van der Waals surface area contributed by atoms with Crippen LogP contribution in [0, 0.1) is 0 Å². The van der Waals surface area contributed by atoms with Crippen molar-refractivity contribution in [1.82, 2.24) is 14.3 Å². The van der Waals surface area contributed by atoms with Crippen molar-refractivity contribution in [2.45, 2.75) is 33.1 Å². The average molecular weight is 461 g/mol. The van der Waals surface area contributed by atoms with Crippen molar-refractivity contribution in [2.24, 2.45) is 0 Å². The number of ether oxygens (including phenoxy) is 1. The number of hydrogen-bond donors (Lipinski definition) is 0. The van der Waals surface area contributed by atoms with E-state index in [1.807, 2.05) is 12.1 Å². The summed E-state index contributed by atoms with van der Waals surface area (Å²) in [5.74, 6) is 0.441. The molecule has 166 valence electrons. The number of pyridine rings is 1. The summed E-state index contributed by atoms with van der Waals surface area (Å²) in [5, 5.41) is 0. The first-order chi connectivity index (χ1) is 15.0. The van der Waals surface area contributed by atoms with Gasteiger partial charge in [0.1, 0.15) is 15.8 Å². The third kappa shape index (κ3) is 5.16. The van der Waals surface area contributed by atoms with Crippen LogP contribution in [0.1, 0.15) is 38.7 Å². The molecule has 7 nitrogen and oxygen atoms in total. The van der Waals surface area contributed by atoms with Gasteiger partial charge in [-0.2, -0.15) is 0 Å². The molecular formula is C22H28N4O3S2. The average Bonchev–Trinajstić information content (AvgIpc) is 3.03. The molecule has 0 saturated carbocycles. The van der Waals surface area contributed by atoms with Gasteiger partial charge in [-0.05, 0) is 37.5 Å². The number of fused-ring (bicyclic) bond motifs is 1. The van der Waals surface area contributed by atoms with Gasteiger partial charge in [0.2, 0.25) is 0 Å². The fourth-order valence-corrected chi connectivity index (χ4v) is 4.80. The Kier molecular flexibility index (Phi) is 8.22. The number of rotatable bonds is 10. The number of hydrogen-bond acceptors (Lipinski definition) is 7. The molecule has 1 amide bonds. The second-order valence-corrected chi connectivity index (χ2v) is 8.93. The Morgan fingerprint density at radius 2 is 1.97 bits per heavy atom. The summed E-state index contributed by atoms with van der Waals surface area (Å²) in [7, 11) is 1.63. The molecular weight excluding hydrogens is 432 g/mol. The van der Waals surface area contributed by atoms with Gasteiger partial charge < -0.3 is 9.64 Å². The zero-order valence-corrected chi connectivity index (χ0v) is 19.8. The smallest absolute Gasteiger partial charge is 0.267 e. The van der Waals surface area contributed by atoms with Crippen molar-refractivity contribution in [3.8, 4) is 0 Å². The molecule has 0 radical (unpaired) electrons.